The van der Waals surface area contributed by atoms with E-state index in [1.807, 2.05) is 0 Å². The van der Waals surface area contributed by atoms with Gasteiger partial charge in [0.1, 0.15) is 11.6 Å². The molecule has 0 aromatic carbocycles. The SMILES string of the molecule is CC(=O)CCN(CCCc1ccc2c(n1)NCCC2)C(C)=O. The summed E-state index contributed by atoms with van der Waals surface area (Å²) in [5.41, 5.74) is 2.35. The maximum atomic E-state index is 11.6. The number of aromatic nitrogens is 1. The van der Waals surface area contributed by atoms with Crippen LogP contribution in [0, 0.1) is 0 Å². The summed E-state index contributed by atoms with van der Waals surface area (Å²) in [5, 5.41) is 3.34. The summed E-state index contributed by atoms with van der Waals surface area (Å²) >= 11 is 0. The maximum Gasteiger partial charge on any atom is 0.219 e. The molecule has 5 heteroatoms. The molecule has 0 unspecified atom stereocenters. The minimum atomic E-state index is 0.0290. The van der Waals surface area contributed by atoms with Gasteiger partial charge in [-0.15, -0.1) is 0 Å². The van der Waals surface area contributed by atoms with Gasteiger partial charge in [0.2, 0.25) is 5.91 Å². The smallest absolute Gasteiger partial charge is 0.219 e. The van der Waals surface area contributed by atoms with Gasteiger partial charge in [0.15, 0.2) is 0 Å². The van der Waals surface area contributed by atoms with Crippen LogP contribution in [-0.2, 0) is 22.4 Å². The Morgan fingerprint density at radius 3 is 2.82 bits per heavy atom. The zero-order valence-electron chi connectivity index (χ0n) is 13.5. The number of Topliss-reactive ketones (excluding diaryl/α,β-unsaturated/α-hetero) is 1. The molecule has 0 radical (unpaired) electrons. The molecule has 22 heavy (non-hydrogen) atoms. The van der Waals surface area contributed by atoms with E-state index < -0.39 is 0 Å². The molecule has 0 aliphatic carbocycles. The number of rotatable bonds is 7. The van der Waals surface area contributed by atoms with E-state index in [4.69, 9.17) is 0 Å². The fourth-order valence-corrected chi connectivity index (χ4v) is 2.68. The van der Waals surface area contributed by atoms with Crippen molar-refractivity contribution in [2.24, 2.45) is 0 Å². The van der Waals surface area contributed by atoms with E-state index in [2.05, 4.69) is 22.4 Å². The molecule has 1 aromatic rings. The Labute approximate surface area is 132 Å². The van der Waals surface area contributed by atoms with E-state index in [0.717, 1.165) is 43.7 Å². The second-order valence-corrected chi connectivity index (χ2v) is 5.90. The molecule has 2 heterocycles. The van der Waals surface area contributed by atoms with Crippen molar-refractivity contribution in [3.05, 3.63) is 23.4 Å². The molecule has 2 rings (SSSR count). The van der Waals surface area contributed by atoms with Gasteiger partial charge in [-0.25, -0.2) is 4.98 Å². The van der Waals surface area contributed by atoms with Crippen molar-refractivity contribution in [2.75, 3.05) is 25.0 Å². The van der Waals surface area contributed by atoms with Gasteiger partial charge >= 0.3 is 0 Å². The van der Waals surface area contributed by atoms with Gasteiger partial charge in [-0.05, 0) is 44.2 Å². The topological polar surface area (TPSA) is 62.3 Å². The highest BCUT2D eigenvalue weighted by Gasteiger charge is 2.12. The summed E-state index contributed by atoms with van der Waals surface area (Å²) < 4.78 is 0. The zero-order valence-corrected chi connectivity index (χ0v) is 13.5. The number of carbonyl (C=O) groups excluding carboxylic acids is 2. The predicted octanol–water partition coefficient (Wildman–Crippen LogP) is 2.20. The number of hydrogen-bond acceptors (Lipinski definition) is 4. The van der Waals surface area contributed by atoms with Crippen LogP contribution in [0.1, 0.15) is 44.4 Å². The first-order valence-electron chi connectivity index (χ1n) is 8.04. The lowest BCUT2D eigenvalue weighted by Crippen LogP contribution is -2.32. The average molecular weight is 303 g/mol. The molecule has 0 fully saturated rings. The Balaban J connectivity index is 1.83. The lowest BCUT2D eigenvalue weighted by Gasteiger charge is -2.21. The minimum Gasteiger partial charge on any atom is -0.370 e. The fourth-order valence-electron chi connectivity index (χ4n) is 2.68. The van der Waals surface area contributed by atoms with Gasteiger partial charge in [0, 0.05) is 38.7 Å². The molecule has 0 spiro atoms. The largest absolute Gasteiger partial charge is 0.370 e. The molecule has 1 amide bonds. The van der Waals surface area contributed by atoms with Crippen LogP contribution < -0.4 is 5.32 Å². The number of nitrogens with one attached hydrogen (secondary N) is 1. The van der Waals surface area contributed by atoms with Crippen LogP contribution >= 0.6 is 0 Å². The number of anilines is 1. The van der Waals surface area contributed by atoms with Gasteiger partial charge < -0.3 is 10.2 Å². The van der Waals surface area contributed by atoms with Gasteiger partial charge in [-0.1, -0.05) is 6.07 Å². The van der Waals surface area contributed by atoms with Crippen LogP contribution in [0.15, 0.2) is 12.1 Å². The van der Waals surface area contributed by atoms with E-state index in [9.17, 15) is 9.59 Å². The minimum absolute atomic E-state index is 0.0290. The predicted molar refractivity (Wildman–Crippen MR) is 86.9 cm³/mol. The molecule has 5 nitrogen and oxygen atoms in total. The van der Waals surface area contributed by atoms with E-state index in [1.54, 1.807) is 18.7 Å². The third-order valence-electron chi connectivity index (χ3n) is 3.99. The third kappa shape index (κ3) is 4.83. The van der Waals surface area contributed by atoms with Crippen molar-refractivity contribution in [1.29, 1.82) is 0 Å². The second-order valence-electron chi connectivity index (χ2n) is 5.90. The maximum absolute atomic E-state index is 11.6. The molecule has 120 valence electrons. The quantitative estimate of drug-likeness (QED) is 0.839. The lowest BCUT2D eigenvalue weighted by atomic mass is 10.1. The van der Waals surface area contributed by atoms with Crippen molar-refractivity contribution in [3.63, 3.8) is 0 Å². The Morgan fingerprint density at radius 1 is 1.27 bits per heavy atom. The van der Waals surface area contributed by atoms with Crippen molar-refractivity contribution in [2.45, 2.75) is 46.0 Å². The molecule has 0 atom stereocenters. The molecule has 1 aliphatic rings. The Morgan fingerprint density at radius 2 is 2.09 bits per heavy atom. The summed E-state index contributed by atoms with van der Waals surface area (Å²) in [4.78, 5) is 29.0. The number of carbonyl (C=O) groups is 2. The van der Waals surface area contributed by atoms with Crippen LogP contribution in [0.5, 0.6) is 0 Å². The molecule has 0 saturated heterocycles. The van der Waals surface area contributed by atoms with Gasteiger partial charge in [0.25, 0.3) is 0 Å². The van der Waals surface area contributed by atoms with Crippen LogP contribution in [0.2, 0.25) is 0 Å². The Kier molecular flexibility index (Phi) is 5.92. The zero-order chi connectivity index (χ0) is 15.9. The highest BCUT2D eigenvalue weighted by Crippen LogP contribution is 2.20. The lowest BCUT2D eigenvalue weighted by molar-refractivity contribution is -0.129. The number of nitrogens with zero attached hydrogens (tertiary/aromatic N) is 2. The number of amides is 1. The average Bonchev–Trinajstić information content (AvgIpc) is 2.50. The summed E-state index contributed by atoms with van der Waals surface area (Å²) in [6.07, 6.45) is 4.40. The van der Waals surface area contributed by atoms with Gasteiger partial charge in [0.05, 0.1) is 0 Å². The molecule has 0 saturated carbocycles. The molecular formula is C17H25N3O2. The second kappa shape index (κ2) is 7.92. The van der Waals surface area contributed by atoms with Crippen molar-refractivity contribution in [3.8, 4) is 0 Å². The number of hydrogen-bond donors (Lipinski definition) is 1. The van der Waals surface area contributed by atoms with Crippen LogP contribution in [0.4, 0.5) is 5.82 Å². The highest BCUT2D eigenvalue weighted by atomic mass is 16.2. The highest BCUT2D eigenvalue weighted by molar-refractivity contribution is 5.77. The van der Waals surface area contributed by atoms with Crippen LogP contribution in [0.3, 0.4) is 0 Å². The van der Waals surface area contributed by atoms with Gasteiger partial charge in [-0.3, -0.25) is 9.59 Å². The molecule has 1 aromatic heterocycles. The molecule has 1 aliphatic heterocycles. The summed E-state index contributed by atoms with van der Waals surface area (Å²) in [5.74, 6) is 1.17. The van der Waals surface area contributed by atoms with Gasteiger partial charge in [-0.2, -0.15) is 0 Å². The first-order chi connectivity index (χ1) is 10.6. The number of pyridine rings is 1. The summed E-state index contributed by atoms with van der Waals surface area (Å²) in [7, 11) is 0. The van der Waals surface area contributed by atoms with E-state index in [1.165, 1.54) is 5.56 Å². The Hall–Kier alpha value is -1.91. The van der Waals surface area contributed by atoms with Crippen LogP contribution in [0.25, 0.3) is 0 Å². The molecule has 1 N–H and O–H groups in total. The molecular weight excluding hydrogens is 278 g/mol. The first-order valence-corrected chi connectivity index (χ1v) is 8.04. The monoisotopic (exact) mass is 303 g/mol. The van der Waals surface area contributed by atoms with Crippen molar-refractivity contribution >= 4 is 17.5 Å². The van der Waals surface area contributed by atoms with Crippen LogP contribution in [-0.4, -0.2) is 41.2 Å². The summed E-state index contributed by atoms with van der Waals surface area (Å²) in [6, 6.07) is 4.24. The number of ketones is 1. The standard InChI is InChI=1S/C17H25N3O2/c1-13(21)9-12-20(14(2)22)11-4-6-16-8-7-15-5-3-10-18-17(15)19-16/h7-8H,3-6,9-12H2,1-2H3,(H,18,19). The fraction of sp³-hybridized carbons (Fsp3) is 0.588. The van der Waals surface area contributed by atoms with Crippen molar-refractivity contribution in [1.82, 2.24) is 9.88 Å². The number of aryl methyl sites for hydroxylation is 2. The number of fused-ring (bicyclic) bond motifs is 1. The van der Waals surface area contributed by atoms with E-state index >= 15 is 0 Å². The summed E-state index contributed by atoms with van der Waals surface area (Å²) in [6.45, 7) is 5.30. The molecule has 0 bridgehead atoms. The van der Waals surface area contributed by atoms with E-state index in [0.29, 0.717) is 19.5 Å². The Bertz CT molecular complexity index is 543. The third-order valence-corrected chi connectivity index (χ3v) is 3.99. The van der Waals surface area contributed by atoms with E-state index in [-0.39, 0.29) is 11.7 Å². The van der Waals surface area contributed by atoms with Crippen molar-refractivity contribution < 1.29 is 9.59 Å². The first kappa shape index (κ1) is 16.5. The normalized spacial score (nSPS) is 13.2.